The van der Waals surface area contributed by atoms with Crippen molar-refractivity contribution in [1.29, 1.82) is 5.26 Å². The molecule has 1 aromatic carbocycles. The highest BCUT2D eigenvalue weighted by molar-refractivity contribution is 7.98. The van der Waals surface area contributed by atoms with Crippen LogP contribution in [0.1, 0.15) is 17.0 Å². The van der Waals surface area contributed by atoms with Crippen LogP contribution < -0.4 is 0 Å². The molecule has 2 heterocycles. The van der Waals surface area contributed by atoms with E-state index in [1.165, 1.54) is 22.7 Å². The van der Waals surface area contributed by atoms with E-state index in [9.17, 15) is 13.9 Å². The highest BCUT2D eigenvalue weighted by atomic mass is 32.2. The van der Waals surface area contributed by atoms with Gasteiger partial charge in [-0.3, -0.25) is 0 Å². The second-order valence-corrected chi connectivity index (χ2v) is 5.77. The molecule has 116 valence electrons. The monoisotopic (exact) mass is 332 g/mol. The molecule has 0 fully saturated rings. The Morgan fingerprint density at radius 2 is 2.17 bits per heavy atom. The van der Waals surface area contributed by atoms with E-state index >= 15 is 0 Å². The third-order valence-electron chi connectivity index (χ3n) is 3.20. The van der Waals surface area contributed by atoms with E-state index < -0.39 is 11.6 Å². The first kappa shape index (κ1) is 15.2. The zero-order valence-electron chi connectivity index (χ0n) is 11.9. The highest BCUT2D eigenvalue weighted by Crippen LogP contribution is 2.28. The lowest BCUT2D eigenvalue weighted by molar-refractivity contribution is 0.434. The first-order valence-corrected chi connectivity index (χ1v) is 7.55. The van der Waals surface area contributed by atoms with Crippen molar-refractivity contribution in [2.45, 2.75) is 17.6 Å². The molecule has 0 radical (unpaired) electrons. The van der Waals surface area contributed by atoms with E-state index in [2.05, 4.69) is 10.1 Å². The number of hydrogen-bond donors (Lipinski definition) is 1. The number of nitriles is 1. The number of aromatic hydroxyl groups is 1. The predicted octanol–water partition coefficient (Wildman–Crippen LogP) is 3.19. The van der Waals surface area contributed by atoms with Gasteiger partial charge in [0.15, 0.2) is 17.3 Å². The minimum Gasteiger partial charge on any atom is -0.493 e. The van der Waals surface area contributed by atoms with Crippen molar-refractivity contribution in [2.24, 2.45) is 0 Å². The summed E-state index contributed by atoms with van der Waals surface area (Å²) in [6, 6.07) is 7.30. The molecule has 0 aliphatic rings. The van der Waals surface area contributed by atoms with Gasteiger partial charge in [-0.05, 0) is 19.1 Å². The van der Waals surface area contributed by atoms with E-state index in [-0.39, 0.29) is 27.7 Å². The number of halogens is 2. The van der Waals surface area contributed by atoms with Crippen LogP contribution in [0.5, 0.6) is 5.88 Å². The second-order valence-electron chi connectivity index (χ2n) is 4.75. The van der Waals surface area contributed by atoms with Gasteiger partial charge in [0, 0.05) is 16.7 Å². The number of aryl methyl sites for hydroxylation is 1. The van der Waals surface area contributed by atoms with Crippen molar-refractivity contribution in [3.8, 4) is 11.9 Å². The fraction of sp³-hybridized carbons (Fsp3) is 0.133. The normalized spacial score (nSPS) is 10.9. The molecule has 2 aromatic heterocycles. The number of aromatic nitrogens is 3. The molecule has 5 nitrogen and oxygen atoms in total. The third-order valence-corrected chi connectivity index (χ3v) is 4.27. The summed E-state index contributed by atoms with van der Waals surface area (Å²) in [5.41, 5.74) is 1.39. The van der Waals surface area contributed by atoms with E-state index in [4.69, 9.17) is 5.26 Å². The smallest absolute Gasteiger partial charge is 0.215 e. The molecule has 0 atom stereocenters. The standard InChI is InChI=1S/C15H10F2N4OS/c1-8-10(6-18)15-19-9(5-13(22)21(15)20-8)7-23-12-4-2-3-11(16)14(12)17/h2-5,22H,7H2,1H3. The summed E-state index contributed by atoms with van der Waals surface area (Å²) in [7, 11) is 0. The molecule has 0 amide bonds. The Bertz CT molecular complexity index is 949. The maximum Gasteiger partial charge on any atom is 0.215 e. The fourth-order valence-electron chi connectivity index (χ4n) is 2.11. The van der Waals surface area contributed by atoms with E-state index in [1.54, 1.807) is 6.92 Å². The van der Waals surface area contributed by atoms with Crippen LogP contribution in [-0.2, 0) is 5.75 Å². The van der Waals surface area contributed by atoms with Crippen molar-refractivity contribution in [1.82, 2.24) is 14.6 Å². The van der Waals surface area contributed by atoms with Gasteiger partial charge in [0.2, 0.25) is 5.88 Å². The van der Waals surface area contributed by atoms with Gasteiger partial charge in [-0.1, -0.05) is 6.07 Å². The van der Waals surface area contributed by atoms with Crippen LogP contribution in [0, 0.1) is 29.9 Å². The van der Waals surface area contributed by atoms with Crippen LogP contribution in [0.2, 0.25) is 0 Å². The van der Waals surface area contributed by atoms with Gasteiger partial charge in [-0.2, -0.15) is 14.9 Å². The fourth-order valence-corrected chi connectivity index (χ4v) is 2.96. The van der Waals surface area contributed by atoms with Gasteiger partial charge in [-0.15, -0.1) is 11.8 Å². The van der Waals surface area contributed by atoms with Gasteiger partial charge in [0.1, 0.15) is 11.6 Å². The Hall–Kier alpha value is -2.66. The summed E-state index contributed by atoms with van der Waals surface area (Å²) in [4.78, 5) is 4.43. The van der Waals surface area contributed by atoms with E-state index in [0.29, 0.717) is 11.4 Å². The molecular weight excluding hydrogens is 322 g/mol. The summed E-state index contributed by atoms with van der Waals surface area (Å²) in [5.74, 6) is -1.80. The topological polar surface area (TPSA) is 74.2 Å². The molecule has 0 spiro atoms. The SMILES string of the molecule is Cc1nn2c(O)cc(CSc3cccc(F)c3F)nc2c1C#N. The Kier molecular flexibility index (Phi) is 3.88. The molecule has 3 rings (SSSR count). The summed E-state index contributed by atoms with van der Waals surface area (Å²) in [6.07, 6.45) is 0. The minimum atomic E-state index is -0.917. The number of thioether (sulfide) groups is 1. The quantitative estimate of drug-likeness (QED) is 0.746. The lowest BCUT2D eigenvalue weighted by atomic mass is 10.3. The second kappa shape index (κ2) is 5.85. The van der Waals surface area contributed by atoms with E-state index in [0.717, 1.165) is 17.8 Å². The van der Waals surface area contributed by atoms with Crippen LogP contribution in [-0.4, -0.2) is 19.7 Å². The molecule has 0 aliphatic heterocycles. The van der Waals surface area contributed by atoms with Crippen molar-refractivity contribution in [3.63, 3.8) is 0 Å². The largest absolute Gasteiger partial charge is 0.493 e. The van der Waals surface area contributed by atoms with Crippen LogP contribution in [0.25, 0.3) is 5.65 Å². The molecule has 1 N–H and O–H groups in total. The van der Waals surface area contributed by atoms with Gasteiger partial charge in [-0.25, -0.2) is 13.8 Å². The number of fused-ring (bicyclic) bond motifs is 1. The minimum absolute atomic E-state index is 0.149. The summed E-state index contributed by atoms with van der Waals surface area (Å²) >= 11 is 1.05. The van der Waals surface area contributed by atoms with Crippen LogP contribution in [0.3, 0.4) is 0 Å². The molecule has 23 heavy (non-hydrogen) atoms. The van der Waals surface area contributed by atoms with Gasteiger partial charge < -0.3 is 5.11 Å². The molecule has 0 saturated heterocycles. The average Bonchev–Trinajstić information content (AvgIpc) is 2.85. The predicted molar refractivity (Wildman–Crippen MR) is 80.0 cm³/mol. The van der Waals surface area contributed by atoms with E-state index in [1.807, 2.05) is 6.07 Å². The molecular formula is C15H10F2N4OS. The number of benzene rings is 1. The zero-order chi connectivity index (χ0) is 16.6. The summed E-state index contributed by atoms with van der Waals surface area (Å²) < 4.78 is 28.0. The van der Waals surface area contributed by atoms with Gasteiger partial charge in [0.05, 0.1) is 11.4 Å². The van der Waals surface area contributed by atoms with Crippen molar-refractivity contribution in [3.05, 3.63) is 52.9 Å². The Morgan fingerprint density at radius 1 is 1.39 bits per heavy atom. The molecule has 3 aromatic rings. The van der Waals surface area contributed by atoms with Crippen LogP contribution in [0.4, 0.5) is 8.78 Å². The van der Waals surface area contributed by atoms with Crippen molar-refractivity contribution < 1.29 is 13.9 Å². The average molecular weight is 332 g/mol. The molecule has 0 saturated carbocycles. The first-order chi connectivity index (χ1) is 11.0. The maximum absolute atomic E-state index is 13.6. The first-order valence-electron chi connectivity index (χ1n) is 6.56. The summed E-state index contributed by atoms with van der Waals surface area (Å²) in [6.45, 7) is 1.64. The Labute approximate surface area is 134 Å². The van der Waals surface area contributed by atoms with Gasteiger partial charge >= 0.3 is 0 Å². The van der Waals surface area contributed by atoms with Crippen LogP contribution >= 0.6 is 11.8 Å². The molecule has 8 heteroatoms. The molecule has 0 bridgehead atoms. The zero-order valence-corrected chi connectivity index (χ0v) is 12.7. The number of hydrogen-bond acceptors (Lipinski definition) is 5. The van der Waals surface area contributed by atoms with Crippen molar-refractivity contribution >= 4 is 17.4 Å². The van der Waals surface area contributed by atoms with Gasteiger partial charge in [0.25, 0.3) is 0 Å². The highest BCUT2D eigenvalue weighted by Gasteiger charge is 2.15. The summed E-state index contributed by atoms with van der Waals surface area (Å²) in [5, 5.41) is 23.2. The lowest BCUT2D eigenvalue weighted by Crippen LogP contribution is -1.97. The molecule has 0 unspecified atom stereocenters. The lowest BCUT2D eigenvalue weighted by Gasteiger charge is -2.05. The van der Waals surface area contributed by atoms with Crippen molar-refractivity contribution in [2.75, 3.05) is 0 Å². The Morgan fingerprint density at radius 3 is 2.91 bits per heavy atom. The Balaban J connectivity index is 1.95. The number of nitrogens with zero attached hydrogens (tertiary/aromatic N) is 4. The molecule has 0 aliphatic carbocycles. The maximum atomic E-state index is 13.6. The number of rotatable bonds is 3. The third kappa shape index (κ3) is 2.71. The van der Waals surface area contributed by atoms with Crippen LogP contribution in [0.15, 0.2) is 29.2 Å².